The van der Waals surface area contributed by atoms with Gasteiger partial charge in [0.25, 0.3) is 0 Å². The molecular weight excluding hydrogens is 454 g/mol. The Hall–Kier alpha value is -1.71. The highest BCUT2D eigenvalue weighted by atomic mass is 16.2. The minimum absolute atomic E-state index is 0.00405. The average molecular weight is 502 g/mol. The molecule has 3 heterocycles. The first kappa shape index (κ1) is 25.9. The number of amidine groups is 1. The Balaban J connectivity index is 1.24. The first-order valence-electron chi connectivity index (χ1n) is 14.6. The third-order valence-corrected chi connectivity index (χ3v) is 10.0. The van der Waals surface area contributed by atoms with Gasteiger partial charge in [0, 0.05) is 24.4 Å². The van der Waals surface area contributed by atoms with Crippen LogP contribution in [0.1, 0.15) is 83.5 Å². The standard InChI is InChI=1S/C27H47N7O2/c28-25(29)20-11-10-19-14-22(27(36)32-23-4-3-5-24(31-23)33-12-1-2-13-33)34(21(19)15-20)16-17-6-8-18(9-7-17)26(30)35/h17-24,31H,1-16H2,(H3,28,29)(H2,30,35)(H,32,36). The van der Waals surface area contributed by atoms with E-state index in [1.54, 1.807) is 0 Å². The topological polar surface area (TPSA) is 141 Å². The molecule has 0 aromatic heterocycles. The fourth-order valence-electron chi connectivity index (χ4n) is 7.91. The number of nitrogens with zero attached hydrogens (tertiary/aromatic N) is 2. The highest BCUT2D eigenvalue weighted by Gasteiger charge is 2.48. The van der Waals surface area contributed by atoms with Crippen molar-refractivity contribution in [2.24, 2.45) is 35.1 Å². The summed E-state index contributed by atoms with van der Waals surface area (Å²) in [6, 6.07) is 0.197. The van der Waals surface area contributed by atoms with Crippen LogP contribution < -0.4 is 22.1 Å². The van der Waals surface area contributed by atoms with Crippen molar-refractivity contribution >= 4 is 17.6 Å². The lowest BCUT2D eigenvalue weighted by atomic mass is 9.77. The number of likely N-dealkylation sites (tertiary alicyclic amines) is 2. The van der Waals surface area contributed by atoms with E-state index in [1.165, 1.54) is 12.8 Å². The third kappa shape index (κ3) is 5.73. The number of nitrogens with one attached hydrogen (secondary N) is 3. The molecule has 0 radical (unpaired) electrons. The van der Waals surface area contributed by atoms with Gasteiger partial charge in [0.1, 0.15) is 0 Å². The summed E-state index contributed by atoms with van der Waals surface area (Å²) in [5.74, 6) is 1.40. The molecule has 6 atom stereocenters. The van der Waals surface area contributed by atoms with Gasteiger partial charge in [-0.2, -0.15) is 0 Å². The fraction of sp³-hybridized carbons (Fsp3) is 0.889. The Morgan fingerprint density at radius 2 is 1.61 bits per heavy atom. The molecule has 2 amide bonds. The summed E-state index contributed by atoms with van der Waals surface area (Å²) in [5.41, 5.74) is 11.5. The molecule has 3 saturated heterocycles. The molecule has 0 aromatic rings. The zero-order chi connectivity index (χ0) is 25.2. The molecule has 2 saturated carbocycles. The van der Waals surface area contributed by atoms with Crippen LogP contribution in [0.4, 0.5) is 0 Å². The number of fused-ring (bicyclic) bond motifs is 1. The lowest BCUT2D eigenvalue weighted by Gasteiger charge is -2.40. The molecule has 36 heavy (non-hydrogen) atoms. The van der Waals surface area contributed by atoms with E-state index in [9.17, 15) is 9.59 Å². The maximum absolute atomic E-state index is 13.8. The summed E-state index contributed by atoms with van der Waals surface area (Å²) in [6.45, 7) is 3.21. The van der Waals surface area contributed by atoms with Gasteiger partial charge in [0.15, 0.2) is 0 Å². The normalized spacial score (nSPS) is 40.0. The van der Waals surface area contributed by atoms with Crippen LogP contribution in [0.2, 0.25) is 0 Å². The zero-order valence-corrected chi connectivity index (χ0v) is 21.8. The van der Waals surface area contributed by atoms with E-state index >= 15 is 0 Å². The van der Waals surface area contributed by atoms with Gasteiger partial charge in [-0.05, 0) is 108 Å². The number of nitrogens with two attached hydrogens (primary N) is 2. The molecule has 9 nitrogen and oxygen atoms in total. The van der Waals surface area contributed by atoms with Crippen LogP contribution in [-0.4, -0.2) is 71.5 Å². The highest BCUT2D eigenvalue weighted by Crippen LogP contribution is 2.43. The molecule has 202 valence electrons. The van der Waals surface area contributed by atoms with Gasteiger partial charge in [-0.1, -0.05) is 0 Å². The number of hydrogen-bond acceptors (Lipinski definition) is 6. The van der Waals surface area contributed by atoms with Gasteiger partial charge in [-0.15, -0.1) is 0 Å². The average Bonchev–Trinajstić information content (AvgIpc) is 3.53. The Morgan fingerprint density at radius 3 is 2.31 bits per heavy atom. The summed E-state index contributed by atoms with van der Waals surface area (Å²) in [6.07, 6.45) is 13.8. The van der Waals surface area contributed by atoms with Crippen molar-refractivity contribution in [2.75, 3.05) is 19.6 Å². The van der Waals surface area contributed by atoms with Crippen LogP contribution in [-0.2, 0) is 9.59 Å². The molecule has 2 aliphatic carbocycles. The summed E-state index contributed by atoms with van der Waals surface area (Å²) in [5, 5.41) is 15.2. The van der Waals surface area contributed by atoms with Crippen LogP contribution >= 0.6 is 0 Å². The second-order valence-corrected chi connectivity index (χ2v) is 12.3. The van der Waals surface area contributed by atoms with E-state index in [-0.39, 0.29) is 35.9 Å². The Kier molecular flexibility index (Phi) is 8.17. The highest BCUT2D eigenvalue weighted by molar-refractivity contribution is 5.83. The largest absolute Gasteiger partial charge is 0.387 e. The molecule has 5 fully saturated rings. The molecule has 9 heteroatoms. The van der Waals surface area contributed by atoms with Gasteiger partial charge in [0.2, 0.25) is 11.8 Å². The molecule has 5 rings (SSSR count). The summed E-state index contributed by atoms with van der Waals surface area (Å²) in [4.78, 5) is 30.4. The maximum Gasteiger partial charge on any atom is 0.238 e. The summed E-state index contributed by atoms with van der Waals surface area (Å²) >= 11 is 0. The molecule has 0 bridgehead atoms. The van der Waals surface area contributed by atoms with Crippen molar-refractivity contribution in [1.29, 1.82) is 5.41 Å². The van der Waals surface area contributed by atoms with E-state index in [0.29, 0.717) is 29.9 Å². The molecule has 0 spiro atoms. The first-order valence-corrected chi connectivity index (χ1v) is 14.6. The fourth-order valence-corrected chi connectivity index (χ4v) is 7.91. The predicted octanol–water partition coefficient (Wildman–Crippen LogP) is 1.71. The molecule has 0 aromatic carbocycles. The van der Waals surface area contributed by atoms with Gasteiger partial charge in [-0.3, -0.25) is 30.1 Å². The Bertz CT molecular complexity index is 808. The van der Waals surface area contributed by atoms with Crippen LogP contribution in [0.5, 0.6) is 0 Å². The van der Waals surface area contributed by atoms with E-state index < -0.39 is 0 Å². The molecule has 5 aliphatic rings. The minimum Gasteiger partial charge on any atom is -0.387 e. The summed E-state index contributed by atoms with van der Waals surface area (Å²) in [7, 11) is 0. The van der Waals surface area contributed by atoms with Crippen molar-refractivity contribution in [3.05, 3.63) is 0 Å². The van der Waals surface area contributed by atoms with Gasteiger partial charge >= 0.3 is 0 Å². The van der Waals surface area contributed by atoms with Crippen LogP contribution in [0.15, 0.2) is 0 Å². The zero-order valence-electron chi connectivity index (χ0n) is 21.8. The Morgan fingerprint density at radius 1 is 0.889 bits per heavy atom. The monoisotopic (exact) mass is 501 g/mol. The molecule has 3 aliphatic heterocycles. The van der Waals surface area contributed by atoms with E-state index in [4.69, 9.17) is 16.9 Å². The predicted molar refractivity (Wildman–Crippen MR) is 140 cm³/mol. The lowest BCUT2D eigenvalue weighted by Crippen LogP contribution is -2.60. The van der Waals surface area contributed by atoms with Gasteiger partial charge < -0.3 is 16.8 Å². The number of rotatable bonds is 7. The van der Waals surface area contributed by atoms with Crippen LogP contribution in [0.25, 0.3) is 0 Å². The molecule has 7 N–H and O–H groups in total. The maximum atomic E-state index is 13.8. The molecular formula is C27H47N7O2. The van der Waals surface area contributed by atoms with Crippen molar-refractivity contribution in [2.45, 2.75) is 108 Å². The van der Waals surface area contributed by atoms with Crippen molar-refractivity contribution in [3.8, 4) is 0 Å². The van der Waals surface area contributed by atoms with Crippen molar-refractivity contribution < 1.29 is 9.59 Å². The van der Waals surface area contributed by atoms with Gasteiger partial charge in [-0.25, -0.2) is 0 Å². The van der Waals surface area contributed by atoms with E-state index in [0.717, 1.165) is 90.3 Å². The number of piperidine rings is 1. The van der Waals surface area contributed by atoms with Gasteiger partial charge in [0.05, 0.1) is 24.2 Å². The number of hydrogen-bond donors (Lipinski definition) is 5. The molecule has 6 unspecified atom stereocenters. The minimum atomic E-state index is -0.171. The first-order chi connectivity index (χ1) is 17.4. The second kappa shape index (κ2) is 11.4. The van der Waals surface area contributed by atoms with Crippen molar-refractivity contribution in [1.82, 2.24) is 20.4 Å². The van der Waals surface area contributed by atoms with Crippen molar-refractivity contribution in [3.63, 3.8) is 0 Å². The number of carbonyl (C=O) groups is 2. The SMILES string of the molecule is N=C(N)C1CCC2CC(C(=O)NC3CCCC(N4CCCC4)N3)N(CC3CCC(C(N)=O)CC3)C2C1. The quantitative estimate of drug-likeness (QED) is 0.266. The van der Waals surface area contributed by atoms with E-state index in [1.807, 2.05) is 0 Å². The number of primary amides is 1. The lowest BCUT2D eigenvalue weighted by molar-refractivity contribution is -0.127. The number of carbonyl (C=O) groups excluding carboxylic acids is 2. The number of amides is 2. The second-order valence-electron chi connectivity index (χ2n) is 12.3. The van der Waals surface area contributed by atoms with Crippen LogP contribution in [0, 0.1) is 29.1 Å². The smallest absolute Gasteiger partial charge is 0.238 e. The third-order valence-electron chi connectivity index (χ3n) is 10.0. The van der Waals surface area contributed by atoms with Crippen LogP contribution in [0.3, 0.4) is 0 Å². The Labute approximate surface area is 216 Å². The summed E-state index contributed by atoms with van der Waals surface area (Å²) < 4.78 is 0. The van der Waals surface area contributed by atoms with E-state index in [2.05, 4.69) is 20.4 Å².